The number of fused-ring (bicyclic) bond motifs is 7. The van der Waals surface area contributed by atoms with Gasteiger partial charge in [0.2, 0.25) is 0 Å². The zero-order valence-electron chi connectivity index (χ0n) is 24.9. The highest BCUT2D eigenvalue weighted by Gasteiger charge is 2.27. The van der Waals surface area contributed by atoms with Crippen LogP contribution in [-0.2, 0) is 0 Å². The highest BCUT2D eigenvalue weighted by molar-refractivity contribution is 7.26. The number of nitrogens with zero attached hydrogens (tertiary/aromatic N) is 4. The van der Waals surface area contributed by atoms with Gasteiger partial charge in [0.05, 0.1) is 38.6 Å². The fourth-order valence-electron chi connectivity index (χ4n) is 8.32. The van der Waals surface area contributed by atoms with E-state index in [0.717, 1.165) is 49.9 Å². The van der Waals surface area contributed by atoms with Gasteiger partial charge >= 0.3 is 0 Å². The van der Waals surface area contributed by atoms with Gasteiger partial charge in [-0.3, -0.25) is 4.57 Å². The van der Waals surface area contributed by atoms with Crippen molar-refractivity contribution in [2.75, 3.05) is 0 Å². The lowest BCUT2D eigenvalue weighted by Crippen LogP contribution is -2.04. The predicted octanol–water partition coefficient (Wildman–Crippen LogP) is 11.3. The van der Waals surface area contributed by atoms with Gasteiger partial charge in [0.15, 0.2) is 5.82 Å². The molecule has 0 aliphatic heterocycles. The fourth-order valence-corrected chi connectivity index (χ4v) is 9.44. The number of hydrogen-bond acceptors (Lipinski definition) is 3. The molecule has 5 heterocycles. The van der Waals surface area contributed by atoms with Crippen molar-refractivity contribution in [2.24, 2.45) is 0 Å². The molecule has 5 heteroatoms. The Morgan fingerprint density at radius 3 is 2.15 bits per heavy atom. The van der Waals surface area contributed by atoms with Crippen molar-refractivity contribution in [1.29, 1.82) is 0 Å². The lowest BCUT2D eigenvalue weighted by Gasteiger charge is -2.15. The van der Waals surface area contributed by atoms with Crippen LogP contribution in [0.15, 0.2) is 133 Å². The van der Waals surface area contributed by atoms with E-state index < -0.39 is 0 Å². The third kappa shape index (κ3) is 2.90. The number of aromatic nitrogens is 4. The molecule has 0 N–H and O–H groups in total. The molecular weight excluding hydrogens is 593 g/mol. The summed E-state index contributed by atoms with van der Waals surface area (Å²) in [6.45, 7) is 0. The predicted molar refractivity (Wildman–Crippen MR) is 198 cm³/mol. The van der Waals surface area contributed by atoms with Crippen molar-refractivity contribution < 1.29 is 0 Å². The maximum Gasteiger partial charge on any atom is 0.165 e. The maximum atomic E-state index is 5.57. The lowest BCUT2D eigenvalue weighted by molar-refractivity contribution is 1.08. The largest absolute Gasteiger partial charge is 0.308 e. The summed E-state index contributed by atoms with van der Waals surface area (Å²) in [7, 11) is 0. The second-order valence-corrected chi connectivity index (χ2v) is 13.6. The average molecular weight is 615 g/mol. The highest BCUT2D eigenvalue weighted by Crippen LogP contribution is 2.50. The molecule has 0 unspecified atom stereocenters. The second kappa shape index (κ2) is 8.40. The van der Waals surface area contributed by atoms with Gasteiger partial charge in [-0.2, -0.15) is 0 Å². The summed E-state index contributed by atoms with van der Waals surface area (Å²) >= 11 is 1.89. The molecule has 0 saturated carbocycles. The van der Waals surface area contributed by atoms with Crippen molar-refractivity contribution in [3.05, 3.63) is 133 Å². The molecule has 0 spiro atoms. The Kier molecular flexibility index (Phi) is 4.33. The zero-order valence-corrected chi connectivity index (χ0v) is 25.7. The van der Waals surface area contributed by atoms with Gasteiger partial charge in [-0.1, -0.05) is 91.0 Å². The minimum atomic E-state index is 0.847. The Morgan fingerprint density at radius 1 is 0.468 bits per heavy atom. The summed E-state index contributed by atoms with van der Waals surface area (Å²) in [5.74, 6) is 0.847. The Labute approximate surface area is 271 Å². The normalized spacial score (nSPS) is 12.7. The number of thiophene rings is 1. The van der Waals surface area contributed by atoms with E-state index in [2.05, 4.69) is 142 Å². The lowest BCUT2D eigenvalue weighted by atomic mass is 10.0. The molecule has 47 heavy (non-hydrogen) atoms. The first-order valence-electron chi connectivity index (χ1n) is 15.9. The molecule has 0 aliphatic rings. The van der Waals surface area contributed by atoms with Crippen LogP contribution < -0.4 is 0 Å². The maximum absolute atomic E-state index is 5.57. The zero-order chi connectivity index (χ0) is 30.4. The summed E-state index contributed by atoms with van der Waals surface area (Å²) in [4.78, 5) is 11.0. The van der Waals surface area contributed by atoms with Crippen LogP contribution in [0.5, 0.6) is 0 Å². The van der Waals surface area contributed by atoms with E-state index in [-0.39, 0.29) is 0 Å². The number of para-hydroxylation sites is 1. The first kappa shape index (κ1) is 24.2. The van der Waals surface area contributed by atoms with E-state index in [1.165, 1.54) is 58.3 Å². The molecule has 7 aromatic carbocycles. The van der Waals surface area contributed by atoms with E-state index >= 15 is 0 Å². The number of hydrogen-bond donors (Lipinski definition) is 0. The number of benzene rings is 7. The molecule has 0 radical (unpaired) electrons. The third-order valence-electron chi connectivity index (χ3n) is 10.2. The van der Waals surface area contributed by atoms with Crippen LogP contribution in [0.2, 0.25) is 0 Å². The van der Waals surface area contributed by atoms with E-state index in [9.17, 15) is 0 Å². The van der Waals surface area contributed by atoms with Crippen molar-refractivity contribution in [1.82, 2.24) is 18.9 Å². The molecule has 216 valence electrons. The summed E-state index contributed by atoms with van der Waals surface area (Å²) in [5, 5.41) is 10.1. The van der Waals surface area contributed by atoms with Crippen LogP contribution in [0.3, 0.4) is 0 Å². The van der Waals surface area contributed by atoms with Crippen LogP contribution in [0.1, 0.15) is 0 Å². The Morgan fingerprint density at radius 2 is 1.21 bits per heavy atom. The van der Waals surface area contributed by atoms with Crippen LogP contribution in [0.25, 0.3) is 108 Å². The minimum Gasteiger partial charge on any atom is -0.308 e. The van der Waals surface area contributed by atoms with Crippen LogP contribution in [-0.4, -0.2) is 18.9 Å². The minimum absolute atomic E-state index is 0.847. The molecule has 0 aliphatic carbocycles. The van der Waals surface area contributed by atoms with Crippen molar-refractivity contribution >= 4 is 102 Å². The molecule has 12 rings (SSSR count). The van der Waals surface area contributed by atoms with Crippen LogP contribution in [0, 0.1) is 0 Å². The van der Waals surface area contributed by atoms with Gasteiger partial charge in [0.1, 0.15) is 5.69 Å². The monoisotopic (exact) mass is 614 g/mol. The van der Waals surface area contributed by atoms with Crippen LogP contribution >= 0.6 is 11.3 Å². The molecule has 5 aromatic heterocycles. The SMILES string of the molecule is c1ccc(-c2nc3ccc4ccccc4c3nc2-n2c3ccc4sc5ccc6c7ccccc7n7c8cccc2c8c3c4c5c67)cc1. The van der Waals surface area contributed by atoms with Gasteiger partial charge in [-0.05, 0) is 47.9 Å². The Balaban J connectivity index is 1.36. The standard InChI is InChI=1S/C42H22N4S/c1-2-10-24(11-3-1)39-42(44-40-25-12-5-4-9-23(25)17-19-28(40)43-39)46-31-16-8-15-30-35(31)36-32(46)20-22-33-37(36)38-34(47-33)21-18-27-26-13-6-7-14-29(26)45(30)41(27)38/h1-22H. The van der Waals surface area contributed by atoms with Gasteiger partial charge < -0.3 is 4.40 Å². The van der Waals surface area contributed by atoms with Crippen molar-refractivity contribution in [2.45, 2.75) is 0 Å². The topological polar surface area (TPSA) is 35.1 Å². The summed E-state index contributed by atoms with van der Waals surface area (Å²) in [5.41, 5.74) is 9.76. The molecule has 4 nitrogen and oxygen atoms in total. The average Bonchev–Trinajstić information content (AvgIpc) is 3.75. The van der Waals surface area contributed by atoms with Gasteiger partial charge in [0, 0.05) is 52.7 Å². The smallest absolute Gasteiger partial charge is 0.165 e. The van der Waals surface area contributed by atoms with E-state index in [1.54, 1.807) is 0 Å². The highest BCUT2D eigenvalue weighted by atomic mass is 32.1. The van der Waals surface area contributed by atoms with Gasteiger partial charge in [-0.25, -0.2) is 9.97 Å². The van der Waals surface area contributed by atoms with Gasteiger partial charge in [-0.15, -0.1) is 11.3 Å². The summed E-state index contributed by atoms with van der Waals surface area (Å²) in [6, 6.07) is 48.1. The molecule has 0 fully saturated rings. The first-order chi connectivity index (χ1) is 23.3. The molecule has 0 amide bonds. The Hall–Kier alpha value is -6.04. The molecule has 12 aromatic rings. The molecular formula is C42H22N4S. The summed E-state index contributed by atoms with van der Waals surface area (Å²) < 4.78 is 7.53. The third-order valence-corrected chi connectivity index (χ3v) is 11.3. The molecule has 0 atom stereocenters. The van der Waals surface area contributed by atoms with Gasteiger partial charge in [0.25, 0.3) is 0 Å². The number of rotatable bonds is 2. The Bertz CT molecular complexity index is 3240. The first-order valence-corrected chi connectivity index (χ1v) is 16.8. The quantitative estimate of drug-likeness (QED) is 0.182. The fraction of sp³-hybridized carbons (Fsp3) is 0. The molecule has 0 bridgehead atoms. The van der Waals surface area contributed by atoms with E-state index in [4.69, 9.17) is 9.97 Å². The second-order valence-electron chi connectivity index (χ2n) is 12.5. The van der Waals surface area contributed by atoms with E-state index in [1.807, 2.05) is 11.3 Å². The van der Waals surface area contributed by atoms with Crippen molar-refractivity contribution in [3.63, 3.8) is 0 Å². The summed E-state index contributed by atoms with van der Waals surface area (Å²) in [6.07, 6.45) is 0. The van der Waals surface area contributed by atoms with Crippen LogP contribution in [0.4, 0.5) is 0 Å². The van der Waals surface area contributed by atoms with E-state index in [0.29, 0.717) is 0 Å². The molecule has 0 saturated heterocycles. The van der Waals surface area contributed by atoms with Crippen molar-refractivity contribution in [3.8, 4) is 17.1 Å².